The fourth-order valence-electron chi connectivity index (χ4n) is 1.15. The van der Waals surface area contributed by atoms with Crippen molar-refractivity contribution in [1.29, 1.82) is 0 Å². The van der Waals surface area contributed by atoms with Gasteiger partial charge in [-0.05, 0) is 12.8 Å². The van der Waals surface area contributed by atoms with Gasteiger partial charge in [0.2, 0.25) is 0 Å². The molecule has 17 heavy (non-hydrogen) atoms. The van der Waals surface area contributed by atoms with Crippen molar-refractivity contribution >= 4 is 23.7 Å². The Bertz CT molecular complexity index is 321. The Kier molecular flexibility index (Phi) is 6.54. The molecule has 7 heteroatoms. The third-order valence-electron chi connectivity index (χ3n) is 1.99. The SMILES string of the molecule is CC(=O)OCC(=O)C(CCCC(=O)O)C(=O)O. The van der Waals surface area contributed by atoms with Gasteiger partial charge in [0.15, 0.2) is 12.4 Å². The average molecular weight is 246 g/mol. The highest BCUT2D eigenvalue weighted by Gasteiger charge is 2.26. The molecule has 0 heterocycles. The summed E-state index contributed by atoms with van der Waals surface area (Å²) in [6.07, 6.45) is -0.204. The number of carboxylic acid groups (broad SMARTS) is 2. The molecule has 0 radical (unpaired) electrons. The zero-order valence-corrected chi connectivity index (χ0v) is 9.34. The molecule has 1 unspecified atom stereocenters. The van der Waals surface area contributed by atoms with Crippen molar-refractivity contribution in [3.63, 3.8) is 0 Å². The van der Waals surface area contributed by atoms with Gasteiger partial charge in [0, 0.05) is 13.3 Å². The van der Waals surface area contributed by atoms with Crippen LogP contribution in [-0.2, 0) is 23.9 Å². The van der Waals surface area contributed by atoms with Crippen LogP contribution < -0.4 is 0 Å². The molecule has 0 bridgehead atoms. The monoisotopic (exact) mass is 246 g/mol. The second-order valence-electron chi connectivity index (χ2n) is 3.42. The van der Waals surface area contributed by atoms with Gasteiger partial charge < -0.3 is 14.9 Å². The number of aliphatic carboxylic acids is 2. The van der Waals surface area contributed by atoms with E-state index in [-0.39, 0.29) is 19.3 Å². The molecule has 7 nitrogen and oxygen atoms in total. The van der Waals surface area contributed by atoms with E-state index in [4.69, 9.17) is 10.2 Å². The Morgan fingerprint density at radius 3 is 2.18 bits per heavy atom. The van der Waals surface area contributed by atoms with E-state index in [1.54, 1.807) is 0 Å². The number of Topliss-reactive ketones (excluding diaryl/α,β-unsaturated/α-hetero) is 1. The summed E-state index contributed by atoms with van der Waals surface area (Å²) in [7, 11) is 0. The minimum atomic E-state index is -1.34. The van der Waals surface area contributed by atoms with E-state index in [2.05, 4.69) is 4.74 Å². The van der Waals surface area contributed by atoms with Crippen LogP contribution in [-0.4, -0.2) is 40.5 Å². The Morgan fingerprint density at radius 1 is 1.18 bits per heavy atom. The molecule has 0 fully saturated rings. The summed E-state index contributed by atoms with van der Waals surface area (Å²) in [6, 6.07) is 0. The number of ketones is 1. The summed E-state index contributed by atoms with van der Waals surface area (Å²) in [4.78, 5) is 42.8. The first-order valence-corrected chi connectivity index (χ1v) is 4.95. The average Bonchev–Trinajstić information content (AvgIpc) is 2.20. The largest absolute Gasteiger partial charge is 0.481 e. The van der Waals surface area contributed by atoms with Crippen molar-refractivity contribution in [2.45, 2.75) is 26.2 Å². The lowest BCUT2D eigenvalue weighted by molar-refractivity contribution is -0.153. The standard InChI is InChI=1S/C10H14O7/c1-6(11)17-5-8(12)7(10(15)16)3-2-4-9(13)14/h7H,2-5H2,1H3,(H,13,14)(H,15,16). The Labute approximate surface area is 97.4 Å². The van der Waals surface area contributed by atoms with Crippen molar-refractivity contribution in [3.05, 3.63) is 0 Å². The first-order chi connectivity index (χ1) is 7.84. The molecule has 0 aromatic carbocycles. The van der Waals surface area contributed by atoms with Gasteiger partial charge in [0.05, 0.1) is 0 Å². The van der Waals surface area contributed by atoms with E-state index in [1.807, 2.05) is 0 Å². The fourth-order valence-corrected chi connectivity index (χ4v) is 1.15. The lowest BCUT2D eigenvalue weighted by Gasteiger charge is -2.10. The number of rotatable bonds is 8. The summed E-state index contributed by atoms with van der Waals surface area (Å²) in [6.45, 7) is 0.507. The molecule has 0 saturated carbocycles. The van der Waals surface area contributed by atoms with Gasteiger partial charge in [-0.15, -0.1) is 0 Å². The Morgan fingerprint density at radius 2 is 1.76 bits per heavy atom. The smallest absolute Gasteiger partial charge is 0.314 e. The highest BCUT2D eigenvalue weighted by atomic mass is 16.5. The summed E-state index contributed by atoms with van der Waals surface area (Å²) in [5, 5.41) is 17.1. The number of carbonyl (C=O) groups is 4. The number of hydrogen-bond donors (Lipinski definition) is 2. The van der Waals surface area contributed by atoms with Crippen LogP contribution in [0.25, 0.3) is 0 Å². The van der Waals surface area contributed by atoms with Gasteiger partial charge in [-0.3, -0.25) is 19.2 Å². The van der Waals surface area contributed by atoms with Gasteiger partial charge in [0.1, 0.15) is 5.92 Å². The van der Waals surface area contributed by atoms with E-state index in [1.165, 1.54) is 0 Å². The molecule has 0 aliphatic heterocycles. The van der Waals surface area contributed by atoms with Gasteiger partial charge in [-0.25, -0.2) is 0 Å². The summed E-state index contributed by atoms with van der Waals surface area (Å²) in [5.74, 6) is -5.13. The molecule has 0 spiro atoms. The highest BCUT2D eigenvalue weighted by Crippen LogP contribution is 2.11. The first-order valence-electron chi connectivity index (χ1n) is 4.95. The zero-order valence-electron chi connectivity index (χ0n) is 9.34. The highest BCUT2D eigenvalue weighted by molar-refractivity contribution is 5.99. The van der Waals surface area contributed by atoms with Crippen LogP contribution >= 0.6 is 0 Å². The van der Waals surface area contributed by atoms with Crippen molar-refractivity contribution < 1.29 is 34.1 Å². The predicted octanol–water partition coefficient (Wildman–Crippen LogP) is 0.0743. The lowest BCUT2D eigenvalue weighted by atomic mass is 9.98. The maximum Gasteiger partial charge on any atom is 0.314 e. The minimum absolute atomic E-state index is 0.0815. The molecule has 0 aliphatic carbocycles. The number of carboxylic acids is 2. The summed E-state index contributed by atoms with van der Waals surface area (Å²) >= 11 is 0. The Hall–Kier alpha value is -1.92. The molecule has 0 rings (SSSR count). The van der Waals surface area contributed by atoms with E-state index in [9.17, 15) is 19.2 Å². The summed E-state index contributed by atoms with van der Waals surface area (Å²) in [5.41, 5.74) is 0. The molecule has 96 valence electrons. The first kappa shape index (κ1) is 15.1. The molecule has 1 atom stereocenters. The van der Waals surface area contributed by atoms with Crippen LogP contribution in [0.3, 0.4) is 0 Å². The molecule has 0 aromatic heterocycles. The number of ether oxygens (including phenoxy) is 1. The summed E-state index contributed by atoms with van der Waals surface area (Å²) < 4.78 is 4.39. The Balaban J connectivity index is 4.22. The quantitative estimate of drug-likeness (QED) is 0.459. The third kappa shape index (κ3) is 7.04. The normalized spacial score (nSPS) is 11.6. The molecular formula is C10H14O7. The van der Waals surface area contributed by atoms with Gasteiger partial charge in [0.25, 0.3) is 0 Å². The molecule has 2 N–H and O–H groups in total. The van der Waals surface area contributed by atoms with Crippen molar-refractivity contribution in [1.82, 2.24) is 0 Å². The van der Waals surface area contributed by atoms with Crippen molar-refractivity contribution in [3.8, 4) is 0 Å². The predicted molar refractivity (Wildman–Crippen MR) is 54.3 cm³/mol. The topological polar surface area (TPSA) is 118 Å². The van der Waals surface area contributed by atoms with Gasteiger partial charge in [-0.2, -0.15) is 0 Å². The van der Waals surface area contributed by atoms with Crippen molar-refractivity contribution in [2.24, 2.45) is 5.92 Å². The third-order valence-corrected chi connectivity index (χ3v) is 1.99. The zero-order chi connectivity index (χ0) is 13.4. The number of hydrogen-bond acceptors (Lipinski definition) is 5. The minimum Gasteiger partial charge on any atom is -0.481 e. The van der Waals surface area contributed by atoms with Crippen LogP contribution in [0.4, 0.5) is 0 Å². The van der Waals surface area contributed by atoms with E-state index >= 15 is 0 Å². The van der Waals surface area contributed by atoms with E-state index in [0.717, 1.165) is 6.92 Å². The maximum absolute atomic E-state index is 11.4. The van der Waals surface area contributed by atoms with Crippen LogP contribution in [0.2, 0.25) is 0 Å². The van der Waals surface area contributed by atoms with Crippen molar-refractivity contribution in [2.75, 3.05) is 6.61 Å². The van der Waals surface area contributed by atoms with Crippen LogP contribution in [0.5, 0.6) is 0 Å². The second-order valence-corrected chi connectivity index (χ2v) is 3.42. The lowest BCUT2D eigenvalue weighted by Crippen LogP contribution is -2.28. The molecule has 0 aliphatic rings. The second kappa shape index (κ2) is 7.37. The van der Waals surface area contributed by atoms with Crippen LogP contribution in [0, 0.1) is 5.92 Å². The molecule has 0 amide bonds. The van der Waals surface area contributed by atoms with Crippen LogP contribution in [0.15, 0.2) is 0 Å². The molecular weight excluding hydrogens is 232 g/mol. The maximum atomic E-state index is 11.4. The fraction of sp³-hybridized carbons (Fsp3) is 0.600. The molecule has 0 aromatic rings. The number of carbonyl (C=O) groups excluding carboxylic acids is 2. The van der Waals surface area contributed by atoms with E-state index in [0.29, 0.717) is 0 Å². The van der Waals surface area contributed by atoms with Crippen LogP contribution in [0.1, 0.15) is 26.2 Å². The van der Waals surface area contributed by atoms with Gasteiger partial charge >= 0.3 is 17.9 Å². The molecule has 0 saturated heterocycles. The van der Waals surface area contributed by atoms with Gasteiger partial charge in [-0.1, -0.05) is 0 Å². The van der Waals surface area contributed by atoms with E-state index < -0.39 is 36.2 Å². The number of esters is 1.